The summed E-state index contributed by atoms with van der Waals surface area (Å²) in [6.07, 6.45) is -5.17. The predicted molar refractivity (Wildman–Crippen MR) is 86.0 cm³/mol. The minimum atomic E-state index is -5.17. The van der Waals surface area contributed by atoms with Gasteiger partial charge in [0.25, 0.3) is 6.02 Å². The van der Waals surface area contributed by atoms with Gasteiger partial charge in [0.2, 0.25) is 5.90 Å². The smallest absolute Gasteiger partial charge is 0.446 e. The highest BCUT2D eigenvalue weighted by atomic mass is 35.5. The molecule has 6 nitrogen and oxygen atoms in total. The Bertz CT molecular complexity index is 765. The molecule has 1 aliphatic rings. The number of ether oxygens (including phenoxy) is 2. The first-order chi connectivity index (χ1) is 11.5. The van der Waals surface area contributed by atoms with Crippen molar-refractivity contribution >= 4 is 41.1 Å². The van der Waals surface area contributed by atoms with E-state index >= 15 is 0 Å². The van der Waals surface area contributed by atoms with E-state index in [1.54, 1.807) is 0 Å². The van der Waals surface area contributed by atoms with Gasteiger partial charge in [-0.25, -0.2) is 4.79 Å². The number of alkyl halides is 3. The number of aliphatic imine (C=N–C) groups is 2. The Morgan fingerprint density at radius 3 is 2.40 bits per heavy atom. The van der Waals surface area contributed by atoms with Crippen molar-refractivity contribution in [3.05, 3.63) is 33.8 Å². The highest BCUT2D eigenvalue weighted by Crippen LogP contribution is 2.39. The van der Waals surface area contributed by atoms with Gasteiger partial charge in [-0.15, -0.1) is 0 Å². The minimum Gasteiger partial charge on any atom is -0.465 e. The first kappa shape index (κ1) is 19.3. The molecule has 0 spiro atoms. The molecule has 0 unspecified atom stereocenters. The number of amidine groups is 1. The molecule has 1 aromatic rings. The molecule has 2 rings (SSSR count). The molecule has 0 N–H and O–H groups in total. The fourth-order valence-electron chi connectivity index (χ4n) is 1.89. The van der Waals surface area contributed by atoms with E-state index in [9.17, 15) is 18.0 Å². The van der Waals surface area contributed by atoms with Crippen LogP contribution in [0, 0.1) is 0 Å². The zero-order valence-electron chi connectivity index (χ0n) is 13.2. The van der Waals surface area contributed by atoms with Crippen LogP contribution in [0.25, 0.3) is 0 Å². The summed E-state index contributed by atoms with van der Waals surface area (Å²) >= 11 is 11.8. The Balaban J connectivity index is 2.73. The van der Waals surface area contributed by atoms with Crippen molar-refractivity contribution in [2.45, 2.75) is 11.8 Å². The monoisotopic (exact) mass is 397 g/mol. The van der Waals surface area contributed by atoms with Gasteiger partial charge in [0.05, 0.1) is 17.7 Å². The van der Waals surface area contributed by atoms with Crippen LogP contribution in [0.3, 0.4) is 0 Å². The fourth-order valence-corrected chi connectivity index (χ4v) is 2.38. The minimum absolute atomic E-state index is 0.00723. The highest BCUT2D eigenvalue weighted by molar-refractivity contribution is 6.37. The SMILES string of the molecule is COC(=O)[C@]1(C(F)(F)F)N=C(c2ccc(Cl)cc2Cl)OC(N(C)C)=N1. The summed E-state index contributed by atoms with van der Waals surface area (Å²) in [5.74, 6) is -2.24. The molecule has 0 fully saturated rings. The molecule has 25 heavy (non-hydrogen) atoms. The Morgan fingerprint density at radius 1 is 1.28 bits per heavy atom. The zero-order valence-corrected chi connectivity index (χ0v) is 14.7. The van der Waals surface area contributed by atoms with Gasteiger partial charge in [0.15, 0.2) is 0 Å². The molecule has 11 heteroatoms. The second kappa shape index (κ2) is 6.72. The lowest BCUT2D eigenvalue weighted by atomic mass is 10.1. The summed E-state index contributed by atoms with van der Waals surface area (Å²) in [6, 6.07) is 3.53. The number of carbonyl (C=O) groups is 1. The number of benzene rings is 1. The number of methoxy groups -OCH3 is 1. The van der Waals surface area contributed by atoms with Gasteiger partial charge in [0.1, 0.15) is 0 Å². The first-order valence-corrected chi connectivity index (χ1v) is 7.43. The second-order valence-electron chi connectivity index (χ2n) is 5.09. The molecular weight excluding hydrogens is 386 g/mol. The number of nitrogens with zero attached hydrogens (tertiary/aromatic N) is 3. The molecular formula is C14H12Cl2F3N3O3. The number of hydrogen-bond donors (Lipinski definition) is 0. The molecule has 1 aromatic carbocycles. The number of rotatable bonds is 2. The Morgan fingerprint density at radius 2 is 1.92 bits per heavy atom. The third kappa shape index (κ3) is 3.52. The number of esters is 1. The molecule has 1 heterocycles. The third-order valence-electron chi connectivity index (χ3n) is 3.12. The normalized spacial score (nSPS) is 20.3. The summed E-state index contributed by atoms with van der Waals surface area (Å²) in [6.45, 7) is 0. The summed E-state index contributed by atoms with van der Waals surface area (Å²) in [5.41, 5.74) is -3.49. The van der Waals surface area contributed by atoms with E-state index in [1.807, 2.05) is 0 Å². The van der Waals surface area contributed by atoms with Crippen LogP contribution in [0.4, 0.5) is 13.2 Å². The van der Waals surface area contributed by atoms with Gasteiger partial charge in [0, 0.05) is 19.1 Å². The molecule has 0 saturated carbocycles. The lowest BCUT2D eigenvalue weighted by Gasteiger charge is -2.31. The summed E-state index contributed by atoms with van der Waals surface area (Å²) < 4.78 is 50.6. The number of halogens is 5. The maximum Gasteiger partial charge on any atom is 0.446 e. The van der Waals surface area contributed by atoms with Gasteiger partial charge in [-0.3, -0.25) is 0 Å². The van der Waals surface area contributed by atoms with Crippen molar-refractivity contribution in [3.63, 3.8) is 0 Å². The van der Waals surface area contributed by atoms with Gasteiger partial charge < -0.3 is 14.4 Å². The van der Waals surface area contributed by atoms with Crippen molar-refractivity contribution in [1.29, 1.82) is 0 Å². The maximum atomic E-state index is 13.7. The van der Waals surface area contributed by atoms with E-state index in [-0.39, 0.29) is 15.6 Å². The molecule has 0 aromatic heterocycles. The van der Waals surface area contributed by atoms with Crippen LogP contribution in [0.2, 0.25) is 10.0 Å². The average molecular weight is 398 g/mol. The van der Waals surface area contributed by atoms with Gasteiger partial charge in [-0.05, 0) is 18.2 Å². The third-order valence-corrected chi connectivity index (χ3v) is 3.67. The summed E-state index contributed by atoms with van der Waals surface area (Å²) in [5, 5.41) is 0.258. The first-order valence-electron chi connectivity index (χ1n) is 6.67. The molecule has 0 radical (unpaired) electrons. The van der Waals surface area contributed by atoms with Crippen LogP contribution in [-0.2, 0) is 14.3 Å². The highest BCUT2D eigenvalue weighted by Gasteiger charge is 2.65. The summed E-state index contributed by atoms with van der Waals surface area (Å²) in [7, 11) is 3.59. The number of carbonyl (C=O) groups excluding carboxylic acids is 1. The van der Waals surface area contributed by atoms with E-state index in [0.717, 1.165) is 12.0 Å². The van der Waals surface area contributed by atoms with Gasteiger partial charge in [-0.1, -0.05) is 23.2 Å². The van der Waals surface area contributed by atoms with E-state index in [1.165, 1.54) is 32.3 Å². The van der Waals surface area contributed by atoms with E-state index in [4.69, 9.17) is 27.9 Å². The quantitative estimate of drug-likeness (QED) is 0.719. The Hall–Kier alpha value is -2.00. The number of hydrogen-bond acceptors (Lipinski definition) is 6. The van der Waals surface area contributed by atoms with Gasteiger partial charge >= 0.3 is 17.8 Å². The largest absolute Gasteiger partial charge is 0.465 e. The molecule has 136 valence electrons. The predicted octanol–water partition coefficient (Wildman–Crippen LogP) is 3.12. The van der Waals surface area contributed by atoms with Crippen molar-refractivity contribution in [2.24, 2.45) is 9.98 Å². The van der Waals surface area contributed by atoms with Crippen LogP contribution in [-0.4, -0.2) is 55.8 Å². The molecule has 0 bridgehead atoms. The second-order valence-corrected chi connectivity index (χ2v) is 5.94. The van der Waals surface area contributed by atoms with Crippen molar-refractivity contribution < 1.29 is 27.4 Å². The van der Waals surface area contributed by atoms with Crippen LogP contribution < -0.4 is 0 Å². The van der Waals surface area contributed by atoms with Crippen LogP contribution >= 0.6 is 23.2 Å². The lowest BCUT2D eigenvalue weighted by Crippen LogP contribution is -2.54. The lowest BCUT2D eigenvalue weighted by molar-refractivity contribution is -0.202. The molecule has 1 aliphatic heterocycles. The van der Waals surface area contributed by atoms with E-state index < -0.39 is 29.7 Å². The Kier molecular flexibility index (Phi) is 5.19. The van der Waals surface area contributed by atoms with Crippen LogP contribution in [0.15, 0.2) is 28.2 Å². The molecule has 1 atom stereocenters. The molecule has 0 amide bonds. The van der Waals surface area contributed by atoms with Crippen LogP contribution in [0.5, 0.6) is 0 Å². The fraction of sp³-hybridized carbons (Fsp3) is 0.357. The molecule has 0 saturated heterocycles. The van der Waals surface area contributed by atoms with E-state index in [2.05, 4.69) is 14.7 Å². The van der Waals surface area contributed by atoms with Gasteiger partial charge in [-0.2, -0.15) is 23.2 Å². The van der Waals surface area contributed by atoms with Crippen molar-refractivity contribution in [1.82, 2.24) is 4.90 Å². The van der Waals surface area contributed by atoms with Crippen LogP contribution in [0.1, 0.15) is 5.56 Å². The van der Waals surface area contributed by atoms with Crippen molar-refractivity contribution in [3.8, 4) is 0 Å². The standard InChI is InChI=1S/C14H12Cl2F3N3O3/c1-22(2)12-21-13(11(23)24-3,14(17,18)19)20-10(25-12)8-5-4-7(15)6-9(8)16/h4-6H,1-3H3/t13-/m0/s1. The average Bonchev–Trinajstić information content (AvgIpc) is 2.52. The van der Waals surface area contributed by atoms with E-state index in [0.29, 0.717) is 0 Å². The van der Waals surface area contributed by atoms with Crippen molar-refractivity contribution in [2.75, 3.05) is 21.2 Å². The Labute approximate surface area is 150 Å². The zero-order chi connectivity index (χ0) is 19.0. The summed E-state index contributed by atoms with van der Waals surface area (Å²) in [4.78, 5) is 19.8. The maximum absolute atomic E-state index is 13.7. The topological polar surface area (TPSA) is 63.5 Å². The molecule has 0 aliphatic carbocycles.